The molecule has 0 radical (unpaired) electrons. The first-order valence-electron chi connectivity index (χ1n) is 6.23. The molecule has 2 saturated heterocycles. The summed E-state index contributed by atoms with van der Waals surface area (Å²) in [5.74, 6) is 0. The van der Waals surface area contributed by atoms with E-state index in [0.29, 0.717) is 0 Å². The molecule has 6 N–H and O–H groups in total. The number of aliphatic hydroxyl groups excluding tert-OH is 6. The third-order valence-electron chi connectivity index (χ3n) is 3.27. The van der Waals surface area contributed by atoms with Crippen LogP contribution in [-0.4, -0.2) is 93.1 Å². The minimum absolute atomic E-state index is 0.534. The molecule has 0 aromatic rings. The summed E-state index contributed by atoms with van der Waals surface area (Å²) in [4.78, 5) is 9.06. The lowest BCUT2D eigenvalue weighted by Gasteiger charge is -2.16. The fourth-order valence-corrected chi connectivity index (χ4v) is 1.99. The van der Waals surface area contributed by atoms with E-state index in [2.05, 4.69) is 14.8 Å². The van der Waals surface area contributed by atoms with Gasteiger partial charge in [-0.2, -0.15) is 9.78 Å². The smallest absolute Gasteiger partial charge is 0.223 e. The molecule has 2 rings (SSSR count). The summed E-state index contributed by atoms with van der Waals surface area (Å²) >= 11 is 0. The fourth-order valence-electron chi connectivity index (χ4n) is 1.99. The molecule has 2 heterocycles. The number of ether oxygens (including phenoxy) is 2. The number of hydrogen-bond donors (Lipinski definition) is 6. The highest BCUT2D eigenvalue weighted by molar-refractivity contribution is 4.86. The van der Waals surface area contributed by atoms with Gasteiger partial charge in [-0.25, -0.2) is 0 Å². The van der Waals surface area contributed by atoms with Gasteiger partial charge in [-0.05, 0) is 0 Å². The summed E-state index contributed by atoms with van der Waals surface area (Å²) in [5.41, 5.74) is 0. The first kappa shape index (κ1) is 16.9. The summed E-state index contributed by atoms with van der Waals surface area (Å²) in [7, 11) is 0. The maximum absolute atomic E-state index is 9.52. The van der Waals surface area contributed by atoms with Crippen LogP contribution in [0.4, 0.5) is 0 Å². The van der Waals surface area contributed by atoms with Crippen LogP contribution in [0, 0.1) is 0 Å². The SMILES string of the molecule is OC[C@H]1OC(OOOC2O[C@H](CO)[C@H](O)[C@H]2O)[C@H](O)[C@H]1O. The van der Waals surface area contributed by atoms with E-state index in [9.17, 15) is 20.4 Å². The van der Waals surface area contributed by atoms with Crippen LogP contribution >= 0.6 is 0 Å². The van der Waals surface area contributed by atoms with E-state index in [0.717, 1.165) is 0 Å². The highest BCUT2D eigenvalue weighted by Gasteiger charge is 2.46. The van der Waals surface area contributed by atoms with Crippen molar-refractivity contribution in [2.24, 2.45) is 0 Å². The topological polar surface area (TPSA) is 168 Å². The number of aliphatic hydroxyl groups is 6. The van der Waals surface area contributed by atoms with Crippen LogP contribution in [0.5, 0.6) is 0 Å². The Hall–Kier alpha value is -0.440. The molecular formula is C10H18O11. The van der Waals surface area contributed by atoms with Crippen molar-refractivity contribution in [3.63, 3.8) is 0 Å². The van der Waals surface area contributed by atoms with Crippen LogP contribution < -0.4 is 0 Å². The predicted octanol–water partition coefficient (Wildman–Crippen LogP) is -4.26. The first-order chi connectivity index (χ1) is 9.99. The molecule has 0 aromatic heterocycles. The normalized spacial score (nSPS) is 47.1. The lowest BCUT2D eigenvalue weighted by Crippen LogP contribution is -2.36. The van der Waals surface area contributed by atoms with Crippen LogP contribution in [-0.2, 0) is 24.3 Å². The molecule has 2 aliphatic heterocycles. The Labute approximate surface area is 118 Å². The molecule has 0 bridgehead atoms. The van der Waals surface area contributed by atoms with Crippen LogP contribution in [0.2, 0.25) is 0 Å². The average Bonchev–Trinajstić information content (AvgIpc) is 2.91. The third-order valence-corrected chi connectivity index (χ3v) is 3.27. The molecule has 2 aliphatic rings. The third kappa shape index (κ3) is 3.49. The molecule has 0 aliphatic carbocycles. The van der Waals surface area contributed by atoms with E-state index >= 15 is 0 Å². The van der Waals surface area contributed by atoms with E-state index in [1.807, 2.05) is 0 Å². The lowest BCUT2D eigenvalue weighted by molar-refractivity contribution is -0.579. The Morgan fingerprint density at radius 2 is 1.05 bits per heavy atom. The van der Waals surface area contributed by atoms with Gasteiger partial charge in [0, 0.05) is 0 Å². The van der Waals surface area contributed by atoms with Gasteiger partial charge in [-0.15, -0.1) is 0 Å². The van der Waals surface area contributed by atoms with E-state index in [-0.39, 0.29) is 0 Å². The van der Waals surface area contributed by atoms with Gasteiger partial charge in [-0.1, -0.05) is 5.04 Å². The Bertz CT molecular complexity index is 298. The summed E-state index contributed by atoms with van der Waals surface area (Å²) in [6.07, 6.45) is -10.6. The van der Waals surface area contributed by atoms with Crippen molar-refractivity contribution in [3.05, 3.63) is 0 Å². The molecule has 8 atom stereocenters. The fraction of sp³-hybridized carbons (Fsp3) is 1.00. The van der Waals surface area contributed by atoms with Gasteiger partial charge in [0.2, 0.25) is 12.6 Å². The zero-order valence-electron chi connectivity index (χ0n) is 10.8. The van der Waals surface area contributed by atoms with Gasteiger partial charge in [0.1, 0.15) is 36.6 Å². The summed E-state index contributed by atoms with van der Waals surface area (Å²) in [6, 6.07) is 0. The monoisotopic (exact) mass is 314 g/mol. The largest absolute Gasteiger partial charge is 0.394 e. The maximum atomic E-state index is 9.52. The first-order valence-corrected chi connectivity index (χ1v) is 6.23. The molecule has 124 valence electrons. The Morgan fingerprint density at radius 1 is 0.667 bits per heavy atom. The number of hydrogen-bond acceptors (Lipinski definition) is 11. The molecule has 2 fully saturated rings. The lowest BCUT2D eigenvalue weighted by atomic mass is 10.1. The van der Waals surface area contributed by atoms with E-state index in [1.165, 1.54) is 0 Å². The second kappa shape index (κ2) is 7.21. The zero-order valence-corrected chi connectivity index (χ0v) is 10.8. The van der Waals surface area contributed by atoms with Crippen molar-refractivity contribution in [1.82, 2.24) is 0 Å². The minimum atomic E-state index is -1.48. The van der Waals surface area contributed by atoms with Crippen LogP contribution in [0.3, 0.4) is 0 Å². The highest BCUT2D eigenvalue weighted by atomic mass is 17.5. The van der Waals surface area contributed by atoms with Gasteiger partial charge in [-0.3, -0.25) is 0 Å². The van der Waals surface area contributed by atoms with Crippen molar-refractivity contribution in [2.75, 3.05) is 13.2 Å². The zero-order chi connectivity index (χ0) is 15.6. The van der Waals surface area contributed by atoms with Crippen molar-refractivity contribution >= 4 is 0 Å². The van der Waals surface area contributed by atoms with E-state index in [4.69, 9.17) is 19.7 Å². The molecule has 21 heavy (non-hydrogen) atoms. The number of rotatable bonds is 6. The predicted molar refractivity (Wildman–Crippen MR) is 58.8 cm³/mol. The maximum Gasteiger partial charge on any atom is 0.223 e. The highest BCUT2D eigenvalue weighted by Crippen LogP contribution is 2.24. The molecule has 11 heteroatoms. The average molecular weight is 314 g/mol. The summed E-state index contributed by atoms with van der Waals surface area (Å²) in [6.45, 7) is -1.07. The summed E-state index contributed by atoms with van der Waals surface area (Å²) < 4.78 is 9.84. The minimum Gasteiger partial charge on any atom is -0.394 e. The summed E-state index contributed by atoms with van der Waals surface area (Å²) in [5, 5.41) is 59.9. The Morgan fingerprint density at radius 3 is 1.33 bits per heavy atom. The molecule has 0 saturated carbocycles. The second-order valence-corrected chi connectivity index (χ2v) is 4.67. The molecule has 0 spiro atoms. The van der Waals surface area contributed by atoms with Crippen molar-refractivity contribution in [2.45, 2.75) is 49.2 Å². The molecule has 0 aromatic carbocycles. The Balaban J connectivity index is 1.75. The second-order valence-electron chi connectivity index (χ2n) is 4.67. The van der Waals surface area contributed by atoms with Crippen LogP contribution in [0.1, 0.15) is 0 Å². The van der Waals surface area contributed by atoms with Crippen molar-refractivity contribution < 1.29 is 54.9 Å². The molecule has 11 nitrogen and oxygen atoms in total. The van der Waals surface area contributed by atoms with Crippen molar-refractivity contribution in [1.29, 1.82) is 0 Å². The standard InChI is InChI=1S/C10H18O11/c11-1-3-5(13)7(15)9(17-3)19-21-20-10-8(16)6(14)4(2-12)18-10/h3-16H,1-2H2/t3-,4-,5+,6+,7-,8-,9?,10?/m1/s1. The van der Waals surface area contributed by atoms with Gasteiger partial charge in [0.25, 0.3) is 0 Å². The quantitative estimate of drug-likeness (QED) is 0.207. The Kier molecular flexibility index (Phi) is 5.81. The van der Waals surface area contributed by atoms with Crippen LogP contribution in [0.15, 0.2) is 0 Å². The van der Waals surface area contributed by atoms with Crippen molar-refractivity contribution in [3.8, 4) is 0 Å². The van der Waals surface area contributed by atoms with Gasteiger partial charge in [0.05, 0.1) is 13.2 Å². The van der Waals surface area contributed by atoms with Gasteiger partial charge >= 0.3 is 0 Å². The van der Waals surface area contributed by atoms with E-state index in [1.54, 1.807) is 0 Å². The molecule has 2 unspecified atom stereocenters. The van der Waals surface area contributed by atoms with Crippen LogP contribution in [0.25, 0.3) is 0 Å². The van der Waals surface area contributed by atoms with E-state index < -0.39 is 62.4 Å². The van der Waals surface area contributed by atoms with Gasteiger partial charge < -0.3 is 40.1 Å². The molecular weight excluding hydrogens is 296 g/mol. The molecule has 0 amide bonds. The van der Waals surface area contributed by atoms with Gasteiger partial charge in [0.15, 0.2) is 0 Å².